The third kappa shape index (κ3) is 2.29. The summed E-state index contributed by atoms with van der Waals surface area (Å²) in [4.78, 5) is 6.74. The Morgan fingerprint density at radius 3 is 2.95 bits per heavy atom. The van der Waals surface area contributed by atoms with Gasteiger partial charge in [-0.1, -0.05) is 18.2 Å². The lowest BCUT2D eigenvalue weighted by Crippen LogP contribution is -2.34. The van der Waals surface area contributed by atoms with E-state index in [1.54, 1.807) is 0 Å². The van der Waals surface area contributed by atoms with Crippen LogP contribution < -0.4 is 10.2 Å². The summed E-state index contributed by atoms with van der Waals surface area (Å²) in [5.41, 5.74) is 5.31. The number of para-hydroxylation sites is 1. The molecular weight excluding hydrogens is 246 g/mol. The van der Waals surface area contributed by atoms with Gasteiger partial charge in [-0.25, -0.2) is 0 Å². The number of aromatic nitrogens is 1. The van der Waals surface area contributed by atoms with Crippen molar-refractivity contribution >= 4 is 11.4 Å². The number of nitrogens with one attached hydrogen (secondary N) is 1. The Morgan fingerprint density at radius 2 is 2.10 bits per heavy atom. The van der Waals surface area contributed by atoms with E-state index in [0.717, 1.165) is 6.54 Å². The molecule has 1 unspecified atom stereocenters. The Kier molecular flexibility index (Phi) is 3.70. The van der Waals surface area contributed by atoms with Crippen LogP contribution in [0.3, 0.4) is 0 Å². The molecule has 0 saturated heterocycles. The third-order valence-corrected chi connectivity index (χ3v) is 4.03. The first-order valence-electron chi connectivity index (χ1n) is 7.26. The highest BCUT2D eigenvalue weighted by atomic mass is 15.2. The van der Waals surface area contributed by atoms with Crippen molar-refractivity contribution in [3.05, 3.63) is 53.9 Å². The minimum Gasteiger partial charge on any atom is -0.338 e. The van der Waals surface area contributed by atoms with Crippen molar-refractivity contribution in [3.8, 4) is 0 Å². The zero-order valence-electron chi connectivity index (χ0n) is 12.1. The van der Waals surface area contributed by atoms with Crippen molar-refractivity contribution < 1.29 is 0 Å². The molecule has 0 saturated carbocycles. The van der Waals surface area contributed by atoms with Gasteiger partial charge in [-0.15, -0.1) is 0 Å². The molecule has 1 N–H and O–H groups in total. The van der Waals surface area contributed by atoms with Crippen molar-refractivity contribution in [3.63, 3.8) is 0 Å². The number of pyridine rings is 1. The van der Waals surface area contributed by atoms with Crippen LogP contribution in [0.1, 0.15) is 24.5 Å². The molecule has 1 aromatic heterocycles. The fraction of sp³-hybridized carbons (Fsp3) is 0.353. The number of fused-ring (bicyclic) bond motifs is 1. The first-order chi connectivity index (χ1) is 9.81. The lowest BCUT2D eigenvalue weighted by molar-refractivity contribution is 0.615. The molecule has 0 aliphatic carbocycles. The van der Waals surface area contributed by atoms with Crippen LogP contribution in [0.5, 0.6) is 0 Å². The van der Waals surface area contributed by atoms with E-state index in [1.165, 1.54) is 35.3 Å². The zero-order chi connectivity index (χ0) is 13.9. The van der Waals surface area contributed by atoms with E-state index < -0.39 is 0 Å². The molecule has 0 bridgehead atoms. The van der Waals surface area contributed by atoms with Gasteiger partial charge in [0.2, 0.25) is 0 Å². The molecule has 104 valence electrons. The molecule has 2 aromatic rings. The lowest BCUT2D eigenvalue weighted by Gasteiger charge is -2.38. The molecule has 3 heteroatoms. The predicted octanol–water partition coefficient (Wildman–Crippen LogP) is 3.27. The molecule has 3 nitrogen and oxygen atoms in total. The summed E-state index contributed by atoms with van der Waals surface area (Å²) in [6, 6.07) is 11.4. The normalized spacial score (nSPS) is 17.9. The van der Waals surface area contributed by atoms with Crippen LogP contribution >= 0.6 is 0 Å². The van der Waals surface area contributed by atoms with Crippen LogP contribution in [-0.4, -0.2) is 18.1 Å². The van der Waals surface area contributed by atoms with Gasteiger partial charge in [-0.3, -0.25) is 4.98 Å². The topological polar surface area (TPSA) is 28.2 Å². The van der Waals surface area contributed by atoms with Gasteiger partial charge < -0.3 is 10.2 Å². The molecule has 0 fully saturated rings. The predicted molar refractivity (Wildman–Crippen MR) is 83.4 cm³/mol. The van der Waals surface area contributed by atoms with Crippen LogP contribution in [0, 0.1) is 0 Å². The minimum atomic E-state index is 0.517. The molecule has 20 heavy (non-hydrogen) atoms. The van der Waals surface area contributed by atoms with Gasteiger partial charge in [0.1, 0.15) is 0 Å². The van der Waals surface area contributed by atoms with Crippen molar-refractivity contribution in [2.24, 2.45) is 0 Å². The smallest absolute Gasteiger partial charge is 0.0489 e. The summed E-state index contributed by atoms with van der Waals surface area (Å²) in [7, 11) is 1.98. The molecule has 1 aliphatic rings. The molecule has 0 spiro atoms. The van der Waals surface area contributed by atoms with Gasteiger partial charge in [0.05, 0.1) is 0 Å². The standard InChI is InChI=1S/C17H21N3/c1-13-7-8-14-5-3-4-6-16(14)20(13)17-9-10-19-12-15(17)11-18-2/h3-6,9-10,12-13,18H,7-8,11H2,1-2H3. The van der Waals surface area contributed by atoms with Crippen LogP contribution in [0.2, 0.25) is 0 Å². The fourth-order valence-corrected chi connectivity index (χ4v) is 3.04. The van der Waals surface area contributed by atoms with Crippen LogP contribution in [0.15, 0.2) is 42.7 Å². The van der Waals surface area contributed by atoms with Gasteiger partial charge in [0.15, 0.2) is 0 Å². The van der Waals surface area contributed by atoms with E-state index >= 15 is 0 Å². The molecule has 0 amide bonds. The van der Waals surface area contributed by atoms with E-state index in [2.05, 4.69) is 52.5 Å². The average Bonchev–Trinajstić information content (AvgIpc) is 2.49. The summed E-state index contributed by atoms with van der Waals surface area (Å²) in [5.74, 6) is 0. The number of hydrogen-bond donors (Lipinski definition) is 1. The van der Waals surface area contributed by atoms with Gasteiger partial charge in [0.25, 0.3) is 0 Å². The van der Waals surface area contributed by atoms with Crippen LogP contribution in [0.25, 0.3) is 0 Å². The number of rotatable bonds is 3. The van der Waals surface area contributed by atoms with Crippen molar-refractivity contribution in [1.82, 2.24) is 10.3 Å². The van der Waals surface area contributed by atoms with Gasteiger partial charge in [-0.05, 0) is 44.5 Å². The Hall–Kier alpha value is -1.87. The Bertz CT molecular complexity index is 594. The van der Waals surface area contributed by atoms with Crippen molar-refractivity contribution in [2.45, 2.75) is 32.4 Å². The SMILES string of the molecule is CNCc1cnccc1N1c2ccccc2CCC1C. The average molecular weight is 267 g/mol. The Morgan fingerprint density at radius 1 is 1.25 bits per heavy atom. The number of anilines is 2. The number of aryl methyl sites for hydroxylation is 1. The highest BCUT2D eigenvalue weighted by molar-refractivity contribution is 5.70. The highest BCUT2D eigenvalue weighted by Gasteiger charge is 2.25. The first-order valence-corrected chi connectivity index (χ1v) is 7.26. The molecule has 2 heterocycles. The third-order valence-electron chi connectivity index (χ3n) is 4.03. The van der Waals surface area contributed by atoms with E-state index in [9.17, 15) is 0 Å². The maximum Gasteiger partial charge on any atom is 0.0489 e. The summed E-state index contributed by atoms with van der Waals surface area (Å²) in [5, 5.41) is 3.24. The summed E-state index contributed by atoms with van der Waals surface area (Å²) >= 11 is 0. The summed E-state index contributed by atoms with van der Waals surface area (Å²) < 4.78 is 0. The molecule has 1 aromatic carbocycles. The quantitative estimate of drug-likeness (QED) is 0.925. The first kappa shape index (κ1) is 13.1. The van der Waals surface area contributed by atoms with E-state index in [1.807, 2.05) is 19.4 Å². The molecule has 0 radical (unpaired) electrons. The second-order valence-corrected chi connectivity index (χ2v) is 5.42. The largest absolute Gasteiger partial charge is 0.338 e. The van der Waals surface area contributed by atoms with Crippen molar-refractivity contribution in [2.75, 3.05) is 11.9 Å². The monoisotopic (exact) mass is 267 g/mol. The van der Waals surface area contributed by atoms with Gasteiger partial charge in [-0.2, -0.15) is 0 Å². The van der Waals surface area contributed by atoms with E-state index in [-0.39, 0.29) is 0 Å². The Labute approximate surface area is 120 Å². The molecular formula is C17H21N3. The highest BCUT2D eigenvalue weighted by Crippen LogP contribution is 2.37. The lowest BCUT2D eigenvalue weighted by atomic mass is 9.95. The zero-order valence-corrected chi connectivity index (χ0v) is 12.1. The maximum atomic E-state index is 4.27. The van der Waals surface area contributed by atoms with Crippen LogP contribution in [-0.2, 0) is 13.0 Å². The number of nitrogens with zero attached hydrogens (tertiary/aromatic N) is 2. The van der Waals surface area contributed by atoms with Crippen LogP contribution in [0.4, 0.5) is 11.4 Å². The summed E-state index contributed by atoms with van der Waals surface area (Å²) in [6.07, 6.45) is 6.22. The van der Waals surface area contributed by atoms with E-state index in [0.29, 0.717) is 6.04 Å². The summed E-state index contributed by atoms with van der Waals surface area (Å²) in [6.45, 7) is 3.15. The maximum absolute atomic E-state index is 4.27. The second-order valence-electron chi connectivity index (χ2n) is 5.42. The fourth-order valence-electron chi connectivity index (χ4n) is 3.04. The van der Waals surface area contributed by atoms with Gasteiger partial charge in [0, 0.05) is 41.9 Å². The molecule has 3 rings (SSSR count). The Balaban J connectivity index is 2.09. The number of hydrogen-bond acceptors (Lipinski definition) is 3. The number of benzene rings is 1. The molecule has 1 atom stereocenters. The van der Waals surface area contributed by atoms with Crippen molar-refractivity contribution in [1.29, 1.82) is 0 Å². The van der Waals surface area contributed by atoms with Gasteiger partial charge >= 0.3 is 0 Å². The molecule has 1 aliphatic heterocycles. The minimum absolute atomic E-state index is 0.517. The van der Waals surface area contributed by atoms with E-state index in [4.69, 9.17) is 0 Å². The second kappa shape index (κ2) is 5.63.